The average Bonchev–Trinajstić information content (AvgIpc) is 3.13. The summed E-state index contributed by atoms with van der Waals surface area (Å²) in [5, 5.41) is 2.96. The number of amides is 1. The Morgan fingerprint density at radius 3 is 2.48 bits per heavy atom. The summed E-state index contributed by atoms with van der Waals surface area (Å²) in [5.74, 6) is 2.31. The normalized spacial score (nSPS) is 10.8. The number of rotatable bonds is 8. The summed E-state index contributed by atoms with van der Waals surface area (Å²) in [5.41, 5.74) is 3.62. The van der Waals surface area contributed by atoms with Crippen LogP contribution < -0.4 is 14.8 Å². The molecule has 1 heterocycles. The lowest BCUT2D eigenvalue weighted by Gasteiger charge is -2.08. The van der Waals surface area contributed by atoms with Crippen LogP contribution in [-0.4, -0.2) is 29.1 Å². The van der Waals surface area contributed by atoms with Crippen molar-refractivity contribution in [3.05, 3.63) is 89.7 Å². The van der Waals surface area contributed by atoms with Gasteiger partial charge in [0.1, 0.15) is 23.9 Å². The number of aryl methyl sites for hydroxylation is 1. The van der Waals surface area contributed by atoms with Crippen molar-refractivity contribution in [2.75, 3.05) is 13.7 Å². The Hall–Kier alpha value is -3.80. The zero-order valence-corrected chi connectivity index (χ0v) is 17.7. The van der Waals surface area contributed by atoms with Gasteiger partial charge in [0, 0.05) is 31.6 Å². The molecule has 0 saturated heterocycles. The minimum atomic E-state index is -0.116. The van der Waals surface area contributed by atoms with E-state index in [0.29, 0.717) is 25.1 Å². The molecular weight excluding hydrogens is 390 g/mol. The highest BCUT2D eigenvalue weighted by Crippen LogP contribution is 2.21. The van der Waals surface area contributed by atoms with E-state index in [9.17, 15) is 4.79 Å². The third kappa shape index (κ3) is 4.86. The summed E-state index contributed by atoms with van der Waals surface area (Å²) < 4.78 is 13.1. The number of carbonyl (C=O) groups excluding carboxylic acids is 1. The van der Waals surface area contributed by atoms with Gasteiger partial charge in [-0.25, -0.2) is 4.98 Å². The second kappa shape index (κ2) is 9.34. The van der Waals surface area contributed by atoms with Gasteiger partial charge in [-0.05, 0) is 42.0 Å². The van der Waals surface area contributed by atoms with Crippen LogP contribution in [0.1, 0.15) is 21.7 Å². The number of benzene rings is 3. The fraction of sp³-hybridized carbons (Fsp3) is 0.200. The lowest BCUT2D eigenvalue weighted by molar-refractivity contribution is 0.0954. The Balaban J connectivity index is 1.30. The van der Waals surface area contributed by atoms with Gasteiger partial charge in [-0.15, -0.1) is 0 Å². The van der Waals surface area contributed by atoms with Crippen molar-refractivity contribution in [3.8, 4) is 11.5 Å². The summed E-state index contributed by atoms with van der Waals surface area (Å²) in [6.07, 6.45) is 0.636. The van der Waals surface area contributed by atoms with E-state index in [1.165, 1.54) is 0 Å². The van der Waals surface area contributed by atoms with Gasteiger partial charge in [0.25, 0.3) is 5.91 Å². The monoisotopic (exact) mass is 415 g/mol. The fourth-order valence-electron chi connectivity index (χ4n) is 3.41. The van der Waals surface area contributed by atoms with Crippen molar-refractivity contribution in [2.45, 2.75) is 13.0 Å². The number of imidazole rings is 1. The first-order chi connectivity index (χ1) is 15.1. The van der Waals surface area contributed by atoms with E-state index in [0.717, 1.165) is 33.9 Å². The number of carbonyl (C=O) groups is 1. The molecule has 31 heavy (non-hydrogen) atoms. The van der Waals surface area contributed by atoms with Gasteiger partial charge in [-0.1, -0.05) is 30.3 Å². The van der Waals surface area contributed by atoms with Crippen LogP contribution in [0.15, 0.2) is 72.8 Å². The first-order valence-corrected chi connectivity index (χ1v) is 10.2. The molecule has 1 amide bonds. The molecule has 1 N–H and O–H groups in total. The third-order valence-electron chi connectivity index (χ3n) is 5.18. The van der Waals surface area contributed by atoms with E-state index in [1.54, 1.807) is 19.2 Å². The van der Waals surface area contributed by atoms with Gasteiger partial charge in [0.2, 0.25) is 0 Å². The molecule has 0 atom stereocenters. The summed E-state index contributed by atoms with van der Waals surface area (Å²) in [6.45, 7) is 0.996. The summed E-state index contributed by atoms with van der Waals surface area (Å²) in [7, 11) is 3.62. The van der Waals surface area contributed by atoms with Crippen LogP contribution in [0.3, 0.4) is 0 Å². The third-order valence-corrected chi connectivity index (χ3v) is 5.18. The van der Waals surface area contributed by atoms with Gasteiger partial charge in [-0.3, -0.25) is 4.79 Å². The van der Waals surface area contributed by atoms with Crippen LogP contribution in [-0.2, 0) is 20.1 Å². The van der Waals surface area contributed by atoms with Crippen LogP contribution in [0.4, 0.5) is 0 Å². The second-order valence-electron chi connectivity index (χ2n) is 7.25. The number of fused-ring (bicyclic) bond motifs is 1. The SMILES string of the molecule is COc1ccc2c(c1)nc(CCNC(=O)c1ccc(OCc3ccccc3)cc1)n2C. The number of ether oxygens (including phenoxy) is 2. The molecule has 3 aromatic carbocycles. The van der Waals surface area contributed by atoms with Crippen LogP contribution in [0.25, 0.3) is 11.0 Å². The molecule has 1 aromatic heterocycles. The molecule has 0 aliphatic heterocycles. The highest BCUT2D eigenvalue weighted by Gasteiger charge is 2.10. The minimum Gasteiger partial charge on any atom is -0.497 e. The lowest BCUT2D eigenvalue weighted by atomic mass is 10.2. The zero-order chi connectivity index (χ0) is 21.6. The van der Waals surface area contributed by atoms with Gasteiger partial charge < -0.3 is 19.4 Å². The van der Waals surface area contributed by atoms with Crippen LogP contribution in [0.5, 0.6) is 11.5 Å². The molecule has 6 heteroatoms. The molecule has 6 nitrogen and oxygen atoms in total. The van der Waals surface area contributed by atoms with Gasteiger partial charge in [0.15, 0.2) is 0 Å². The molecule has 0 radical (unpaired) electrons. The average molecular weight is 415 g/mol. The number of aromatic nitrogens is 2. The molecular formula is C25H25N3O3. The molecule has 0 spiro atoms. The number of nitrogens with one attached hydrogen (secondary N) is 1. The van der Waals surface area contributed by atoms with Crippen molar-refractivity contribution in [2.24, 2.45) is 7.05 Å². The lowest BCUT2D eigenvalue weighted by Crippen LogP contribution is -2.26. The summed E-state index contributed by atoms with van der Waals surface area (Å²) in [4.78, 5) is 17.1. The van der Waals surface area contributed by atoms with E-state index in [4.69, 9.17) is 9.47 Å². The predicted molar refractivity (Wildman–Crippen MR) is 121 cm³/mol. The number of nitrogens with zero attached hydrogens (tertiary/aromatic N) is 2. The Morgan fingerprint density at radius 2 is 1.74 bits per heavy atom. The smallest absolute Gasteiger partial charge is 0.251 e. The van der Waals surface area contributed by atoms with E-state index >= 15 is 0 Å². The number of hydrogen-bond donors (Lipinski definition) is 1. The first-order valence-electron chi connectivity index (χ1n) is 10.2. The molecule has 0 bridgehead atoms. The van der Waals surface area contributed by atoms with E-state index in [-0.39, 0.29) is 5.91 Å². The highest BCUT2D eigenvalue weighted by molar-refractivity contribution is 5.94. The Labute approximate surface area is 181 Å². The van der Waals surface area contributed by atoms with Crippen molar-refractivity contribution in [3.63, 3.8) is 0 Å². The minimum absolute atomic E-state index is 0.116. The zero-order valence-electron chi connectivity index (χ0n) is 17.7. The molecule has 4 rings (SSSR count). The summed E-state index contributed by atoms with van der Waals surface area (Å²) >= 11 is 0. The van der Waals surface area contributed by atoms with Crippen molar-refractivity contribution in [1.82, 2.24) is 14.9 Å². The first kappa shape index (κ1) is 20.5. The van der Waals surface area contributed by atoms with Gasteiger partial charge >= 0.3 is 0 Å². The molecule has 0 saturated carbocycles. The maximum Gasteiger partial charge on any atom is 0.251 e. The van der Waals surface area contributed by atoms with Crippen LogP contribution in [0, 0.1) is 0 Å². The topological polar surface area (TPSA) is 65.4 Å². The maximum atomic E-state index is 12.5. The van der Waals surface area contributed by atoms with Gasteiger partial charge in [0.05, 0.1) is 18.1 Å². The summed E-state index contributed by atoms with van der Waals surface area (Å²) in [6, 6.07) is 23.0. The molecule has 4 aromatic rings. The van der Waals surface area contributed by atoms with E-state index in [2.05, 4.69) is 10.3 Å². The van der Waals surface area contributed by atoms with Crippen LogP contribution >= 0.6 is 0 Å². The largest absolute Gasteiger partial charge is 0.497 e. The quantitative estimate of drug-likeness (QED) is 0.470. The maximum absolute atomic E-state index is 12.5. The number of methoxy groups -OCH3 is 1. The van der Waals surface area contributed by atoms with E-state index in [1.807, 2.05) is 72.3 Å². The highest BCUT2D eigenvalue weighted by atomic mass is 16.5. The second-order valence-corrected chi connectivity index (χ2v) is 7.25. The van der Waals surface area contributed by atoms with Crippen molar-refractivity contribution >= 4 is 16.9 Å². The van der Waals surface area contributed by atoms with Crippen molar-refractivity contribution < 1.29 is 14.3 Å². The standard InChI is InChI=1S/C25H25N3O3/c1-28-23-13-12-21(30-2)16-22(23)27-24(28)14-15-26-25(29)19-8-10-20(11-9-19)31-17-18-6-4-3-5-7-18/h3-13,16H,14-15,17H2,1-2H3,(H,26,29). The van der Waals surface area contributed by atoms with Gasteiger partial charge in [-0.2, -0.15) is 0 Å². The number of hydrogen-bond acceptors (Lipinski definition) is 4. The molecule has 158 valence electrons. The molecule has 0 unspecified atom stereocenters. The molecule has 0 aliphatic carbocycles. The van der Waals surface area contributed by atoms with Crippen LogP contribution in [0.2, 0.25) is 0 Å². The Kier molecular flexibility index (Phi) is 6.17. The fourth-order valence-corrected chi connectivity index (χ4v) is 3.41. The van der Waals surface area contributed by atoms with E-state index < -0.39 is 0 Å². The molecule has 0 fully saturated rings. The molecule has 0 aliphatic rings. The Morgan fingerprint density at radius 1 is 1.00 bits per heavy atom. The predicted octanol–water partition coefficient (Wildman–Crippen LogP) is 4.13. The van der Waals surface area contributed by atoms with Crippen molar-refractivity contribution in [1.29, 1.82) is 0 Å². The Bertz CT molecular complexity index is 1170.